The number of amides is 1. The topological polar surface area (TPSA) is 72.4 Å². The molecule has 8 heteroatoms. The second kappa shape index (κ2) is 8.85. The van der Waals surface area contributed by atoms with Gasteiger partial charge in [-0.3, -0.25) is 9.59 Å². The summed E-state index contributed by atoms with van der Waals surface area (Å²) in [6.07, 6.45) is 1.01. The molecule has 30 heavy (non-hydrogen) atoms. The molecule has 2 heterocycles. The number of hydrogen-bond acceptors (Lipinski definition) is 5. The molecule has 0 spiro atoms. The maximum atomic E-state index is 14.3. The Hall–Kier alpha value is -2.90. The Bertz CT molecular complexity index is 946. The zero-order valence-corrected chi connectivity index (χ0v) is 17.4. The number of nitrogens with zero attached hydrogens (tertiary/aromatic N) is 3. The number of benzene rings is 1. The van der Waals surface area contributed by atoms with Gasteiger partial charge in [-0.05, 0) is 57.7 Å². The van der Waals surface area contributed by atoms with E-state index in [4.69, 9.17) is 4.74 Å². The normalized spacial score (nSPS) is 18.9. The molecule has 0 saturated carbocycles. The number of ether oxygens (including phenoxy) is 1. The van der Waals surface area contributed by atoms with E-state index in [1.165, 1.54) is 6.07 Å². The summed E-state index contributed by atoms with van der Waals surface area (Å²) < 4.78 is 33.0. The number of carbonyl (C=O) groups is 2. The minimum Gasteiger partial charge on any atom is -0.466 e. The molecule has 1 unspecified atom stereocenters. The number of esters is 1. The van der Waals surface area contributed by atoms with Crippen LogP contribution in [0.1, 0.15) is 47.3 Å². The Kier molecular flexibility index (Phi) is 6.43. The lowest BCUT2D eigenvalue weighted by Gasteiger charge is -2.41. The van der Waals surface area contributed by atoms with Crippen LogP contribution < -0.4 is 0 Å². The highest BCUT2D eigenvalue weighted by Crippen LogP contribution is 2.36. The Balaban J connectivity index is 1.92. The summed E-state index contributed by atoms with van der Waals surface area (Å²) in [5, 5.41) is 0. The maximum Gasteiger partial charge on any atom is 0.314 e. The van der Waals surface area contributed by atoms with E-state index >= 15 is 0 Å². The first-order chi connectivity index (χ1) is 14.2. The molecule has 6 nitrogen and oxygen atoms in total. The Morgan fingerprint density at radius 1 is 1.20 bits per heavy atom. The number of aryl methyl sites for hydroxylation is 2. The number of likely N-dealkylation sites (tertiary alicyclic amines) is 1. The average Bonchev–Trinajstić information content (AvgIpc) is 2.69. The van der Waals surface area contributed by atoms with Crippen LogP contribution in [-0.4, -0.2) is 46.4 Å². The van der Waals surface area contributed by atoms with Gasteiger partial charge in [0.25, 0.3) is 5.91 Å². The molecule has 1 aliphatic rings. The fourth-order valence-electron chi connectivity index (χ4n) is 3.99. The quantitative estimate of drug-likeness (QED) is 0.698. The summed E-state index contributed by atoms with van der Waals surface area (Å²) >= 11 is 0. The van der Waals surface area contributed by atoms with E-state index in [0.29, 0.717) is 30.9 Å². The number of rotatable bonds is 5. The summed E-state index contributed by atoms with van der Waals surface area (Å²) in [6, 6.07) is 4.90. The molecule has 1 aromatic carbocycles. The standard InChI is InChI=1S/C22H25F2N3O3/c1-4-30-21(29)22(12-16-6-7-17(23)11-18(16)24)8-5-9-27(13-22)20(28)19-10-14(2)25-15(3)26-19/h6-7,10-11H,4-5,8-9,12-13H2,1-3H3. The van der Waals surface area contributed by atoms with Crippen LogP contribution in [0.25, 0.3) is 0 Å². The van der Waals surface area contributed by atoms with E-state index in [9.17, 15) is 18.4 Å². The molecule has 3 rings (SSSR count). The van der Waals surface area contributed by atoms with Crippen molar-refractivity contribution in [2.45, 2.75) is 40.0 Å². The highest BCUT2D eigenvalue weighted by Gasteiger charge is 2.45. The van der Waals surface area contributed by atoms with Gasteiger partial charge in [0.2, 0.25) is 0 Å². The summed E-state index contributed by atoms with van der Waals surface area (Å²) in [6.45, 7) is 5.88. The van der Waals surface area contributed by atoms with Crippen LogP contribution in [0.2, 0.25) is 0 Å². The third kappa shape index (κ3) is 4.63. The van der Waals surface area contributed by atoms with Crippen LogP contribution in [0.5, 0.6) is 0 Å². The Morgan fingerprint density at radius 2 is 1.97 bits per heavy atom. The molecular formula is C22H25F2N3O3. The van der Waals surface area contributed by atoms with Crippen molar-refractivity contribution in [3.63, 3.8) is 0 Å². The third-order valence-electron chi connectivity index (χ3n) is 5.30. The predicted octanol–water partition coefficient (Wildman–Crippen LogP) is 3.40. The van der Waals surface area contributed by atoms with Crippen LogP contribution in [-0.2, 0) is 16.0 Å². The van der Waals surface area contributed by atoms with E-state index in [1.807, 2.05) is 0 Å². The number of hydrogen-bond donors (Lipinski definition) is 0. The lowest BCUT2D eigenvalue weighted by molar-refractivity contribution is -0.158. The molecule has 1 aliphatic heterocycles. The molecule has 160 valence electrons. The fraction of sp³-hybridized carbons (Fsp3) is 0.455. The van der Waals surface area contributed by atoms with Crippen molar-refractivity contribution in [1.29, 1.82) is 0 Å². The maximum absolute atomic E-state index is 14.3. The summed E-state index contributed by atoms with van der Waals surface area (Å²) in [5.74, 6) is -1.71. The van der Waals surface area contributed by atoms with Crippen LogP contribution in [0.4, 0.5) is 8.78 Å². The molecule has 0 radical (unpaired) electrons. The molecule has 1 aromatic heterocycles. The van der Waals surface area contributed by atoms with Crippen LogP contribution in [0, 0.1) is 30.9 Å². The lowest BCUT2D eigenvalue weighted by atomic mass is 9.74. The van der Waals surface area contributed by atoms with Crippen LogP contribution >= 0.6 is 0 Å². The van der Waals surface area contributed by atoms with Gasteiger partial charge in [0.1, 0.15) is 23.2 Å². The zero-order valence-electron chi connectivity index (χ0n) is 17.4. The van der Waals surface area contributed by atoms with E-state index < -0.39 is 23.0 Å². The van der Waals surface area contributed by atoms with Crippen molar-refractivity contribution >= 4 is 11.9 Å². The van der Waals surface area contributed by atoms with E-state index in [1.54, 1.807) is 31.7 Å². The molecule has 1 amide bonds. The Morgan fingerprint density at radius 3 is 2.63 bits per heavy atom. The van der Waals surface area contributed by atoms with Gasteiger partial charge in [0.05, 0.1) is 12.0 Å². The monoisotopic (exact) mass is 417 g/mol. The van der Waals surface area contributed by atoms with Crippen molar-refractivity contribution < 1.29 is 23.1 Å². The van der Waals surface area contributed by atoms with E-state index in [2.05, 4.69) is 9.97 Å². The van der Waals surface area contributed by atoms with Crippen LogP contribution in [0.3, 0.4) is 0 Å². The van der Waals surface area contributed by atoms with Gasteiger partial charge < -0.3 is 9.64 Å². The average molecular weight is 417 g/mol. The lowest BCUT2D eigenvalue weighted by Crippen LogP contribution is -2.52. The molecule has 0 aliphatic carbocycles. The van der Waals surface area contributed by atoms with Gasteiger partial charge in [-0.15, -0.1) is 0 Å². The molecule has 1 saturated heterocycles. The first kappa shape index (κ1) is 21.8. The minimum atomic E-state index is -1.11. The smallest absolute Gasteiger partial charge is 0.314 e. The zero-order chi connectivity index (χ0) is 21.9. The first-order valence-corrected chi connectivity index (χ1v) is 9.97. The summed E-state index contributed by atoms with van der Waals surface area (Å²) in [4.78, 5) is 36.0. The molecular weight excluding hydrogens is 392 g/mol. The third-order valence-corrected chi connectivity index (χ3v) is 5.30. The minimum absolute atomic E-state index is 0.0174. The van der Waals surface area contributed by atoms with Gasteiger partial charge in [-0.25, -0.2) is 18.7 Å². The first-order valence-electron chi connectivity index (χ1n) is 9.97. The summed E-state index contributed by atoms with van der Waals surface area (Å²) in [7, 11) is 0. The van der Waals surface area contributed by atoms with E-state index in [-0.39, 0.29) is 36.7 Å². The number of halogens is 2. The highest BCUT2D eigenvalue weighted by molar-refractivity contribution is 5.93. The molecule has 0 bridgehead atoms. The number of carbonyl (C=O) groups excluding carboxylic acids is 2. The summed E-state index contributed by atoms with van der Waals surface area (Å²) in [5.41, 5.74) is 0.0349. The van der Waals surface area contributed by atoms with Crippen molar-refractivity contribution in [1.82, 2.24) is 14.9 Å². The molecule has 1 atom stereocenters. The van der Waals surface area contributed by atoms with Crippen molar-refractivity contribution in [3.8, 4) is 0 Å². The van der Waals surface area contributed by atoms with Gasteiger partial charge in [-0.2, -0.15) is 0 Å². The van der Waals surface area contributed by atoms with Crippen molar-refractivity contribution in [2.75, 3.05) is 19.7 Å². The van der Waals surface area contributed by atoms with Gasteiger partial charge in [0.15, 0.2) is 0 Å². The fourth-order valence-corrected chi connectivity index (χ4v) is 3.99. The molecule has 2 aromatic rings. The number of piperidine rings is 1. The second-order valence-electron chi connectivity index (χ2n) is 7.69. The van der Waals surface area contributed by atoms with Gasteiger partial charge in [-0.1, -0.05) is 6.07 Å². The van der Waals surface area contributed by atoms with Gasteiger partial charge in [0, 0.05) is 24.8 Å². The Labute approximate surface area is 174 Å². The molecule has 1 fully saturated rings. The highest BCUT2D eigenvalue weighted by atomic mass is 19.1. The molecule has 0 N–H and O–H groups in total. The second-order valence-corrected chi connectivity index (χ2v) is 7.69. The SMILES string of the molecule is CCOC(=O)C1(Cc2ccc(F)cc2F)CCCN(C(=O)c2cc(C)nc(C)n2)C1. The van der Waals surface area contributed by atoms with Crippen LogP contribution in [0.15, 0.2) is 24.3 Å². The predicted molar refractivity (Wildman–Crippen MR) is 106 cm³/mol. The van der Waals surface area contributed by atoms with Gasteiger partial charge >= 0.3 is 5.97 Å². The largest absolute Gasteiger partial charge is 0.466 e. The number of aromatic nitrogens is 2. The van der Waals surface area contributed by atoms with E-state index in [0.717, 1.165) is 12.1 Å². The van der Waals surface area contributed by atoms with Crippen molar-refractivity contribution in [3.05, 3.63) is 58.7 Å². The van der Waals surface area contributed by atoms with Crippen molar-refractivity contribution in [2.24, 2.45) is 5.41 Å².